The predicted octanol–water partition coefficient (Wildman–Crippen LogP) is 1.18. The number of fused-ring (bicyclic) bond motifs is 3. The van der Waals surface area contributed by atoms with Gasteiger partial charge in [0.2, 0.25) is 23.6 Å². The highest BCUT2D eigenvalue weighted by Crippen LogP contribution is 2.36. The molecule has 1 aromatic carbocycles. The normalized spacial score (nSPS) is 34.2. The molecule has 248 valence electrons. The molecule has 6 rings (SSSR count). The second-order valence-electron chi connectivity index (χ2n) is 13.6. The SMILES string of the molecule is O=C1NC2(CCN(Cc3ccc(F)c(F)c3)CC2)CC(=O)N2CC[C@@H](NC3CCC(F)(F)CC3)[C@H]2C(=O)N[C@@H]2C[C@H]1[C@@H](O)[C@H]2O. The number of carbonyl (C=O) groups excluding carboxylic acids is 3. The van der Waals surface area contributed by atoms with Gasteiger partial charge in [-0.2, -0.15) is 0 Å². The number of rotatable bonds is 4. The van der Waals surface area contributed by atoms with E-state index in [4.69, 9.17) is 0 Å². The van der Waals surface area contributed by atoms with Crippen LogP contribution in [0, 0.1) is 17.6 Å². The number of aliphatic hydroxyl groups excluding tert-OH is 2. The Morgan fingerprint density at radius 3 is 2.31 bits per heavy atom. The van der Waals surface area contributed by atoms with Crippen LogP contribution >= 0.6 is 0 Å². The van der Waals surface area contributed by atoms with E-state index in [1.807, 2.05) is 4.90 Å². The zero-order valence-electron chi connectivity index (χ0n) is 25.0. The van der Waals surface area contributed by atoms with Gasteiger partial charge < -0.3 is 31.1 Å². The lowest BCUT2D eigenvalue weighted by Gasteiger charge is -2.44. The van der Waals surface area contributed by atoms with Crippen molar-refractivity contribution >= 4 is 17.7 Å². The summed E-state index contributed by atoms with van der Waals surface area (Å²) >= 11 is 0. The van der Waals surface area contributed by atoms with Crippen molar-refractivity contribution in [2.24, 2.45) is 5.92 Å². The van der Waals surface area contributed by atoms with Crippen molar-refractivity contribution in [1.29, 1.82) is 0 Å². The van der Waals surface area contributed by atoms with E-state index < -0.39 is 71.2 Å². The highest BCUT2D eigenvalue weighted by molar-refractivity contribution is 5.91. The first-order valence-corrected chi connectivity index (χ1v) is 15.9. The van der Waals surface area contributed by atoms with Crippen LogP contribution in [-0.2, 0) is 20.9 Å². The maximum absolute atomic E-state index is 14.0. The Morgan fingerprint density at radius 2 is 1.62 bits per heavy atom. The van der Waals surface area contributed by atoms with Gasteiger partial charge in [0.1, 0.15) is 12.1 Å². The smallest absolute Gasteiger partial charge is 0.248 e. The predicted molar refractivity (Wildman–Crippen MR) is 153 cm³/mol. The molecule has 6 atom stereocenters. The van der Waals surface area contributed by atoms with E-state index in [0.29, 0.717) is 44.5 Å². The molecule has 5 N–H and O–H groups in total. The number of hydrogen-bond acceptors (Lipinski definition) is 7. The van der Waals surface area contributed by atoms with Gasteiger partial charge in [-0.25, -0.2) is 17.6 Å². The first-order valence-electron chi connectivity index (χ1n) is 15.9. The van der Waals surface area contributed by atoms with Gasteiger partial charge in [-0.3, -0.25) is 19.3 Å². The van der Waals surface area contributed by atoms with E-state index in [1.165, 1.54) is 11.0 Å². The molecule has 45 heavy (non-hydrogen) atoms. The number of piperidine rings is 1. The molecular formula is C31H41F4N5O5. The van der Waals surface area contributed by atoms with Crippen molar-refractivity contribution in [2.75, 3.05) is 19.6 Å². The Labute approximate surface area is 258 Å². The molecule has 0 radical (unpaired) electrons. The van der Waals surface area contributed by atoms with Crippen LogP contribution in [-0.4, -0.2) is 105 Å². The molecular weight excluding hydrogens is 598 g/mol. The average molecular weight is 640 g/mol. The molecule has 2 bridgehead atoms. The highest BCUT2D eigenvalue weighted by atomic mass is 19.3. The molecule has 3 heterocycles. The largest absolute Gasteiger partial charge is 0.390 e. The first kappa shape index (κ1) is 32.1. The van der Waals surface area contributed by atoms with Crippen LogP contribution in [0.1, 0.15) is 63.4 Å². The van der Waals surface area contributed by atoms with Crippen molar-refractivity contribution in [3.05, 3.63) is 35.4 Å². The molecule has 0 aromatic heterocycles. The maximum Gasteiger partial charge on any atom is 0.248 e. The third-order valence-electron chi connectivity index (χ3n) is 10.6. The number of hydrogen-bond donors (Lipinski definition) is 5. The number of aliphatic hydroxyl groups is 2. The van der Waals surface area contributed by atoms with Crippen LogP contribution in [0.3, 0.4) is 0 Å². The van der Waals surface area contributed by atoms with E-state index in [1.54, 1.807) is 0 Å². The van der Waals surface area contributed by atoms with E-state index in [0.717, 1.165) is 12.1 Å². The second kappa shape index (κ2) is 12.4. The minimum Gasteiger partial charge on any atom is -0.390 e. The van der Waals surface area contributed by atoms with Crippen molar-refractivity contribution in [3.8, 4) is 0 Å². The quantitative estimate of drug-likeness (QED) is 0.313. The Bertz CT molecular complexity index is 1300. The van der Waals surface area contributed by atoms with Crippen LogP contribution in [0.2, 0.25) is 0 Å². The summed E-state index contributed by atoms with van der Waals surface area (Å²) in [5, 5.41) is 30.8. The lowest BCUT2D eigenvalue weighted by atomic mass is 9.82. The molecule has 5 fully saturated rings. The van der Waals surface area contributed by atoms with Gasteiger partial charge in [0.15, 0.2) is 11.6 Å². The molecule has 2 aliphatic carbocycles. The lowest BCUT2D eigenvalue weighted by molar-refractivity contribution is -0.142. The summed E-state index contributed by atoms with van der Waals surface area (Å²) in [5.74, 6) is -6.95. The maximum atomic E-state index is 14.0. The van der Waals surface area contributed by atoms with E-state index in [2.05, 4.69) is 16.0 Å². The van der Waals surface area contributed by atoms with Crippen molar-refractivity contribution < 1.29 is 42.2 Å². The molecule has 1 spiro atoms. The van der Waals surface area contributed by atoms with Gasteiger partial charge in [-0.15, -0.1) is 0 Å². The van der Waals surface area contributed by atoms with Gasteiger partial charge in [-0.05, 0) is 56.2 Å². The van der Waals surface area contributed by atoms with Gasteiger partial charge in [-0.1, -0.05) is 6.07 Å². The number of halogens is 4. The van der Waals surface area contributed by atoms with Crippen molar-refractivity contribution in [2.45, 2.75) is 112 Å². The van der Waals surface area contributed by atoms with Crippen LogP contribution in [0.4, 0.5) is 17.6 Å². The molecule has 1 aromatic rings. The average Bonchev–Trinajstić information content (AvgIpc) is 3.53. The number of carbonyl (C=O) groups is 3. The van der Waals surface area contributed by atoms with Crippen LogP contribution in [0.5, 0.6) is 0 Å². The summed E-state index contributed by atoms with van der Waals surface area (Å²) in [6.45, 7) is 1.47. The van der Waals surface area contributed by atoms with Gasteiger partial charge in [0.25, 0.3) is 0 Å². The third-order valence-corrected chi connectivity index (χ3v) is 10.6. The van der Waals surface area contributed by atoms with Gasteiger partial charge in [0.05, 0.1) is 30.0 Å². The Kier molecular flexibility index (Phi) is 8.87. The van der Waals surface area contributed by atoms with Gasteiger partial charge >= 0.3 is 0 Å². The molecule has 3 saturated heterocycles. The monoisotopic (exact) mass is 639 g/mol. The summed E-state index contributed by atoms with van der Waals surface area (Å²) in [6, 6.07) is 1.14. The highest BCUT2D eigenvalue weighted by Gasteiger charge is 2.52. The number of likely N-dealkylation sites (tertiary alicyclic amines) is 1. The van der Waals surface area contributed by atoms with Crippen LogP contribution in [0.15, 0.2) is 18.2 Å². The molecule has 3 aliphatic heterocycles. The molecule has 2 saturated carbocycles. The summed E-state index contributed by atoms with van der Waals surface area (Å²) < 4.78 is 54.8. The zero-order valence-corrected chi connectivity index (χ0v) is 25.0. The minimum atomic E-state index is -2.71. The topological polar surface area (TPSA) is 134 Å². The summed E-state index contributed by atoms with van der Waals surface area (Å²) in [4.78, 5) is 44.8. The number of nitrogens with one attached hydrogen (secondary N) is 3. The first-order chi connectivity index (χ1) is 21.3. The Morgan fingerprint density at radius 1 is 0.911 bits per heavy atom. The van der Waals surface area contributed by atoms with E-state index >= 15 is 0 Å². The van der Waals surface area contributed by atoms with Crippen LogP contribution in [0.25, 0.3) is 0 Å². The number of benzene rings is 1. The summed E-state index contributed by atoms with van der Waals surface area (Å²) in [5.41, 5.74) is -0.411. The molecule has 10 nitrogen and oxygen atoms in total. The van der Waals surface area contributed by atoms with Crippen LogP contribution < -0.4 is 16.0 Å². The fraction of sp³-hybridized carbons (Fsp3) is 0.710. The fourth-order valence-electron chi connectivity index (χ4n) is 7.91. The summed E-state index contributed by atoms with van der Waals surface area (Å²) in [6.07, 6.45) is -1.78. The lowest BCUT2D eigenvalue weighted by Crippen LogP contribution is -2.61. The molecule has 14 heteroatoms. The Balaban J connectivity index is 1.22. The number of alkyl halides is 2. The number of amides is 3. The third kappa shape index (κ3) is 6.70. The molecule has 0 unspecified atom stereocenters. The fourth-order valence-corrected chi connectivity index (χ4v) is 7.91. The zero-order chi connectivity index (χ0) is 32.1. The van der Waals surface area contributed by atoms with Crippen molar-refractivity contribution in [1.82, 2.24) is 25.8 Å². The van der Waals surface area contributed by atoms with E-state index in [9.17, 15) is 42.2 Å². The summed E-state index contributed by atoms with van der Waals surface area (Å²) in [7, 11) is 0. The van der Waals surface area contributed by atoms with Crippen molar-refractivity contribution in [3.63, 3.8) is 0 Å². The van der Waals surface area contributed by atoms with Gasteiger partial charge in [0, 0.05) is 51.1 Å². The minimum absolute atomic E-state index is 0.00864. The second-order valence-corrected chi connectivity index (χ2v) is 13.6. The van der Waals surface area contributed by atoms with E-state index in [-0.39, 0.29) is 57.0 Å². The molecule has 3 amide bonds. The standard InChI is InChI=1S/C31H41F4N5O5/c32-20-2-1-17(13-21(20)33)16-39-11-8-30(9-12-39)15-24(41)40-10-5-22(36-18-3-6-31(34,35)7-4-18)25(40)29(45)37-23-14-19(28(44)38-30)26(42)27(23)43/h1-2,13,18-19,22-23,25-27,36,42-43H,3-12,14-16H2,(H,37,45)(H,38,44)/t19-,22+,23+,25-,26+,27-/m0/s1. The Hall–Kier alpha value is -2.81. The molecule has 5 aliphatic rings. The number of nitrogens with zero attached hydrogens (tertiary/aromatic N) is 2.